The van der Waals surface area contributed by atoms with Crippen LogP contribution in [-0.2, 0) is 25.5 Å². The molecule has 0 unspecified atom stereocenters. The molecule has 0 aliphatic carbocycles. The van der Waals surface area contributed by atoms with Crippen LogP contribution in [0.2, 0.25) is 0 Å². The molecule has 8 heteroatoms. The Bertz CT molecular complexity index is 656. The first-order valence-electron chi connectivity index (χ1n) is 8.83. The minimum Gasteiger partial charge on any atom is -0.479 e. The van der Waals surface area contributed by atoms with Gasteiger partial charge >= 0.3 is 11.9 Å². The van der Waals surface area contributed by atoms with Crippen LogP contribution in [0.3, 0.4) is 0 Å². The molecule has 0 spiro atoms. The van der Waals surface area contributed by atoms with Gasteiger partial charge in [-0.3, -0.25) is 4.79 Å². The summed E-state index contributed by atoms with van der Waals surface area (Å²) in [5, 5.41) is 38.4. The maximum atomic E-state index is 12.4. The van der Waals surface area contributed by atoms with Crippen molar-refractivity contribution in [3.63, 3.8) is 0 Å². The van der Waals surface area contributed by atoms with E-state index >= 15 is 0 Å². The van der Waals surface area contributed by atoms with Gasteiger partial charge in [-0.25, -0.2) is 4.79 Å². The molecule has 0 radical (unpaired) electrons. The predicted molar refractivity (Wildman–Crippen MR) is 93.8 cm³/mol. The first-order chi connectivity index (χ1) is 12.6. The second-order valence-electron chi connectivity index (χ2n) is 7.23. The van der Waals surface area contributed by atoms with Crippen LogP contribution < -0.4 is 0 Å². The zero-order valence-corrected chi connectivity index (χ0v) is 15.5. The highest BCUT2D eigenvalue weighted by atomic mass is 16.7. The monoisotopic (exact) mass is 382 g/mol. The number of ether oxygens (including phenoxy) is 2. The molecule has 0 amide bonds. The van der Waals surface area contributed by atoms with E-state index in [0.717, 1.165) is 12.0 Å². The first-order valence-corrected chi connectivity index (χ1v) is 8.83. The zero-order valence-electron chi connectivity index (χ0n) is 15.5. The second-order valence-corrected chi connectivity index (χ2v) is 7.23. The molecule has 1 aromatic rings. The molecule has 27 heavy (non-hydrogen) atoms. The normalized spacial score (nSPS) is 29.4. The average molecular weight is 382 g/mol. The summed E-state index contributed by atoms with van der Waals surface area (Å²) in [7, 11) is 0. The average Bonchev–Trinajstić information content (AvgIpc) is 2.61. The molecule has 150 valence electrons. The van der Waals surface area contributed by atoms with Crippen molar-refractivity contribution < 1.29 is 39.5 Å². The van der Waals surface area contributed by atoms with E-state index in [9.17, 15) is 24.9 Å². The fourth-order valence-corrected chi connectivity index (χ4v) is 2.92. The lowest BCUT2D eigenvalue weighted by Gasteiger charge is -2.38. The molecule has 0 bridgehead atoms. The van der Waals surface area contributed by atoms with Crippen molar-refractivity contribution in [3.05, 3.63) is 35.4 Å². The highest BCUT2D eigenvalue weighted by Gasteiger charge is 2.48. The van der Waals surface area contributed by atoms with E-state index in [-0.39, 0.29) is 0 Å². The smallest absolute Gasteiger partial charge is 0.335 e. The van der Waals surface area contributed by atoms with Gasteiger partial charge in [0.2, 0.25) is 6.29 Å². The van der Waals surface area contributed by atoms with Gasteiger partial charge in [-0.15, -0.1) is 0 Å². The van der Waals surface area contributed by atoms with E-state index in [2.05, 4.69) is 13.8 Å². The Labute approximate surface area is 157 Å². The zero-order chi connectivity index (χ0) is 20.3. The SMILES string of the molecule is CC(C)Cc1ccc([C@@H](C)C(=O)O[C@H]2O[C@@H](C(=O)O)[C@H](O)[C@@H](O)[C@@H]2O)cc1. The molecule has 1 heterocycles. The number of aliphatic hydroxyl groups is 3. The minimum absolute atomic E-state index is 0.507. The van der Waals surface area contributed by atoms with Crippen molar-refractivity contribution in [1.29, 1.82) is 0 Å². The van der Waals surface area contributed by atoms with Gasteiger partial charge < -0.3 is 29.9 Å². The summed E-state index contributed by atoms with van der Waals surface area (Å²) >= 11 is 0. The summed E-state index contributed by atoms with van der Waals surface area (Å²) in [6, 6.07) is 7.46. The highest BCUT2D eigenvalue weighted by Crippen LogP contribution is 2.25. The lowest BCUT2D eigenvalue weighted by Crippen LogP contribution is -2.60. The number of hydrogen-bond donors (Lipinski definition) is 4. The molecule has 1 fully saturated rings. The Morgan fingerprint density at radius 1 is 1.04 bits per heavy atom. The highest BCUT2D eigenvalue weighted by molar-refractivity contribution is 5.78. The van der Waals surface area contributed by atoms with Crippen molar-refractivity contribution in [1.82, 2.24) is 0 Å². The van der Waals surface area contributed by atoms with Gasteiger partial charge in [0.25, 0.3) is 0 Å². The number of benzene rings is 1. The van der Waals surface area contributed by atoms with Crippen LogP contribution >= 0.6 is 0 Å². The number of hydrogen-bond acceptors (Lipinski definition) is 7. The van der Waals surface area contributed by atoms with E-state index in [1.807, 2.05) is 12.1 Å². The van der Waals surface area contributed by atoms with Crippen LogP contribution in [0.1, 0.15) is 37.8 Å². The van der Waals surface area contributed by atoms with Gasteiger partial charge in [0.15, 0.2) is 6.10 Å². The minimum atomic E-state index is -1.83. The molecular weight excluding hydrogens is 356 g/mol. The number of esters is 1. The Hall–Kier alpha value is -2.00. The summed E-state index contributed by atoms with van der Waals surface area (Å²) in [6.45, 7) is 5.83. The topological polar surface area (TPSA) is 134 Å². The number of carbonyl (C=O) groups is 2. The van der Waals surface area contributed by atoms with E-state index < -0.39 is 48.6 Å². The third kappa shape index (κ3) is 5.04. The third-order valence-electron chi connectivity index (χ3n) is 4.52. The third-order valence-corrected chi connectivity index (χ3v) is 4.52. The Morgan fingerprint density at radius 2 is 1.63 bits per heavy atom. The largest absolute Gasteiger partial charge is 0.479 e. The molecule has 4 N–H and O–H groups in total. The van der Waals surface area contributed by atoms with E-state index in [1.54, 1.807) is 19.1 Å². The van der Waals surface area contributed by atoms with Crippen LogP contribution in [0.4, 0.5) is 0 Å². The molecule has 1 aliphatic heterocycles. The summed E-state index contributed by atoms with van der Waals surface area (Å²) < 4.78 is 10.0. The summed E-state index contributed by atoms with van der Waals surface area (Å²) in [6.07, 6.45) is -8.01. The maximum absolute atomic E-state index is 12.4. The molecule has 8 nitrogen and oxygen atoms in total. The Balaban J connectivity index is 2.05. The summed E-state index contributed by atoms with van der Waals surface area (Å²) in [4.78, 5) is 23.5. The molecule has 1 aromatic carbocycles. The molecular formula is C19H26O8. The second kappa shape index (κ2) is 8.79. The molecule has 6 atom stereocenters. The Morgan fingerprint density at radius 3 is 2.15 bits per heavy atom. The van der Waals surface area contributed by atoms with Crippen molar-refractivity contribution in [2.45, 2.75) is 63.8 Å². The molecule has 0 saturated carbocycles. The van der Waals surface area contributed by atoms with E-state index in [0.29, 0.717) is 11.5 Å². The van der Waals surface area contributed by atoms with Crippen LogP contribution in [0, 0.1) is 5.92 Å². The first kappa shape index (κ1) is 21.3. The summed E-state index contributed by atoms with van der Waals surface area (Å²) in [5.74, 6) is -2.47. The van der Waals surface area contributed by atoms with Gasteiger partial charge in [-0.1, -0.05) is 38.1 Å². The van der Waals surface area contributed by atoms with Crippen molar-refractivity contribution >= 4 is 11.9 Å². The maximum Gasteiger partial charge on any atom is 0.335 e. The molecule has 0 aromatic heterocycles. The lowest BCUT2D eigenvalue weighted by molar-refractivity contribution is -0.286. The van der Waals surface area contributed by atoms with Gasteiger partial charge in [-0.05, 0) is 30.4 Å². The fraction of sp³-hybridized carbons (Fsp3) is 0.579. The van der Waals surface area contributed by atoms with E-state index in [4.69, 9.17) is 14.6 Å². The number of carbonyl (C=O) groups excluding carboxylic acids is 1. The number of rotatable bonds is 6. The van der Waals surface area contributed by atoms with E-state index in [1.165, 1.54) is 0 Å². The quantitative estimate of drug-likeness (QED) is 0.520. The van der Waals surface area contributed by atoms with Crippen LogP contribution in [0.15, 0.2) is 24.3 Å². The fourth-order valence-electron chi connectivity index (χ4n) is 2.92. The molecule has 2 rings (SSSR count). The van der Waals surface area contributed by atoms with Crippen LogP contribution in [0.25, 0.3) is 0 Å². The molecule has 1 aliphatic rings. The van der Waals surface area contributed by atoms with Crippen molar-refractivity contribution in [2.24, 2.45) is 5.92 Å². The Kier molecular flexibility index (Phi) is 6.94. The van der Waals surface area contributed by atoms with Gasteiger partial charge in [-0.2, -0.15) is 0 Å². The lowest BCUT2D eigenvalue weighted by atomic mass is 9.96. The number of carboxylic acid groups (broad SMARTS) is 1. The van der Waals surface area contributed by atoms with Crippen LogP contribution in [0.5, 0.6) is 0 Å². The van der Waals surface area contributed by atoms with Gasteiger partial charge in [0.1, 0.15) is 18.3 Å². The standard InChI is InChI=1S/C19H26O8/c1-9(2)8-11-4-6-12(7-5-11)10(3)18(25)27-19-15(22)13(20)14(21)16(26-19)17(23)24/h4-7,9-10,13-16,19-22H,8H2,1-3H3,(H,23,24)/t10-,13-,14-,15+,16-,19-/m1/s1. The molecule has 1 saturated heterocycles. The van der Waals surface area contributed by atoms with Crippen molar-refractivity contribution in [2.75, 3.05) is 0 Å². The predicted octanol–water partition coefficient (Wildman–Crippen LogP) is 0.424. The van der Waals surface area contributed by atoms with Gasteiger partial charge in [0, 0.05) is 0 Å². The van der Waals surface area contributed by atoms with Gasteiger partial charge in [0.05, 0.1) is 5.92 Å². The van der Waals surface area contributed by atoms with Crippen molar-refractivity contribution in [3.8, 4) is 0 Å². The number of aliphatic carboxylic acids is 1. The summed E-state index contributed by atoms with van der Waals surface area (Å²) in [5.41, 5.74) is 1.83. The van der Waals surface area contributed by atoms with Crippen LogP contribution in [-0.4, -0.2) is 63.1 Å². The number of aliphatic hydroxyl groups excluding tert-OH is 3. The number of carboxylic acids is 1.